The van der Waals surface area contributed by atoms with Gasteiger partial charge in [-0.05, 0) is 37.0 Å². The van der Waals surface area contributed by atoms with Crippen LogP contribution < -0.4 is 5.73 Å². The van der Waals surface area contributed by atoms with Crippen molar-refractivity contribution in [3.8, 4) is 0 Å². The zero-order valence-corrected chi connectivity index (χ0v) is 8.01. The van der Waals surface area contributed by atoms with Gasteiger partial charge >= 0.3 is 0 Å². The monoisotopic (exact) mass is 155 g/mol. The first kappa shape index (κ1) is 9.05. The van der Waals surface area contributed by atoms with E-state index in [-0.39, 0.29) is 0 Å². The van der Waals surface area contributed by atoms with E-state index in [1.54, 1.807) is 0 Å². The van der Waals surface area contributed by atoms with Gasteiger partial charge in [-0.1, -0.05) is 20.8 Å². The largest absolute Gasteiger partial charge is 0.328 e. The summed E-state index contributed by atoms with van der Waals surface area (Å²) in [5, 5.41) is 0. The van der Waals surface area contributed by atoms with Gasteiger partial charge in [-0.25, -0.2) is 0 Å². The number of hydrogen-bond donors (Lipinski definition) is 1. The summed E-state index contributed by atoms with van der Waals surface area (Å²) in [6, 6.07) is 0.478. The summed E-state index contributed by atoms with van der Waals surface area (Å²) in [6.45, 7) is 6.96. The molecule has 0 amide bonds. The molecule has 0 bridgehead atoms. The molecule has 66 valence electrons. The smallest absolute Gasteiger partial charge is 0.00441 e. The average molecular weight is 155 g/mol. The van der Waals surface area contributed by atoms with Crippen LogP contribution in [0.4, 0.5) is 0 Å². The Labute approximate surface area is 70.4 Å². The van der Waals surface area contributed by atoms with Crippen molar-refractivity contribution in [2.24, 2.45) is 23.5 Å². The Morgan fingerprint density at radius 3 is 2.27 bits per heavy atom. The molecule has 0 saturated heterocycles. The Morgan fingerprint density at radius 2 is 1.82 bits per heavy atom. The number of hydrogen-bond acceptors (Lipinski definition) is 1. The zero-order chi connectivity index (χ0) is 8.43. The Balaban J connectivity index is 2.43. The highest BCUT2D eigenvalue weighted by atomic mass is 14.6. The van der Waals surface area contributed by atoms with Crippen LogP contribution in [0.1, 0.15) is 40.0 Å². The molecular weight excluding hydrogens is 134 g/mol. The Bertz CT molecular complexity index is 110. The van der Waals surface area contributed by atoms with Gasteiger partial charge in [-0.3, -0.25) is 0 Å². The lowest BCUT2D eigenvalue weighted by molar-refractivity contribution is 0.204. The molecule has 0 unspecified atom stereocenters. The van der Waals surface area contributed by atoms with E-state index in [1.807, 2.05) is 0 Å². The molecule has 0 radical (unpaired) electrons. The van der Waals surface area contributed by atoms with Gasteiger partial charge in [0.1, 0.15) is 0 Å². The van der Waals surface area contributed by atoms with Crippen LogP contribution in [-0.2, 0) is 0 Å². The minimum Gasteiger partial charge on any atom is -0.328 e. The minimum atomic E-state index is 0.478. The lowest BCUT2D eigenvalue weighted by Crippen LogP contribution is -2.33. The van der Waals surface area contributed by atoms with Crippen LogP contribution in [0.2, 0.25) is 0 Å². The molecule has 3 atom stereocenters. The summed E-state index contributed by atoms with van der Waals surface area (Å²) in [5.41, 5.74) is 5.95. The topological polar surface area (TPSA) is 26.0 Å². The van der Waals surface area contributed by atoms with Crippen LogP contribution in [0.25, 0.3) is 0 Å². The van der Waals surface area contributed by atoms with E-state index in [4.69, 9.17) is 5.73 Å². The standard InChI is InChI=1S/C10H21N/c1-7(2)9-4-8(3)5-10(11)6-9/h7-10H,4-6,11H2,1-3H3/t8-,9+,10-/m1/s1. The minimum absolute atomic E-state index is 0.478. The van der Waals surface area contributed by atoms with Gasteiger partial charge < -0.3 is 5.73 Å². The zero-order valence-electron chi connectivity index (χ0n) is 8.01. The molecule has 1 aliphatic rings. The van der Waals surface area contributed by atoms with Gasteiger partial charge in [-0.15, -0.1) is 0 Å². The first-order chi connectivity index (χ1) is 5.09. The van der Waals surface area contributed by atoms with Crippen LogP contribution in [0.3, 0.4) is 0 Å². The van der Waals surface area contributed by atoms with E-state index in [9.17, 15) is 0 Å². The predicted octanol–water partition coefficient (Wildman–Crippen LogP) is 2.41. The highest BCUT2D eigenvalue weighted by Crippen LogP contribution is 2.32. The summed E-state index contributed by atoms with van der Waals surface area (Å²) < 4.78 is 0. The van der Waals surface area contributed by atoms with E-state index < -0.39 is 0 Å². The van der Waals surface area contributed by atoms with Crippen molar-refractivity contribution in [2.75, 3.05) is 0 Å². The Hall–Kier alpha value is -0.0400. The van der Waals surface area contributed by atoms with Crippen molar-refractivity contribution in [2.45, 2.75) is 46.1 Å². The third kappa shape index (κ3) is 2.48. The molecule has 1 aliphatic carbocycles. The van der Waals surface area contributed by atoms with E-state index in [1.165, 1.54) is 19.3 Å². The molecular formula is C10H21N. The van der Waals surface area contributed by atoms with Crippen molar-refractivity contribution >= 4 is 0 Å². The molecule has 1 nitrogen and oxygen atoms in total. The van der Waals surface area contributed by atoms with E-state index in [0.29, 0.717) is 6.04 Å². The Morgan fingerprint density at radius 1 is 1.18 bits per heavy atom. The molecule has 11 heavy (non-hydrogen) atoms. The molecule has 1 heteroatoms. The van der Waals surface area contributed by atoms with E-state index in [0.717, 1.165) is 17.8 Å². The number of nitrogens with two attached hydrogens (primary N) is 1. The van der Waals surface area contributed by atoms with Crippen LogP contribution in [0.5, 0.6) is 0 Å². The van der Waals surface area contributed by atoms with E-state index >= 15 is 0 Å². The van der Waals surface area contributed by atoms with Gasteiger partial charge in [0, 0.05) is 6.04 Å². The van der Waals surface area contributed by atoms with Gasteiger partial charge in [0.05, 0.1) is 0 Å². The molecule has 0 spiro atoms. The molecule has 0 aromatic carbocycles. The maximum atomic E-state index is 5.95. The molecule has 1 rings (SSSR count). The molecule has 1 saturated carbocycles. The molecule has 0 aromatic rings. The lowest BCUT2D eigenvalue weighted by atomic mass is 9.75. The fourth-order valence-corrected chi connectivity index (χ4v) is 2.26. The van der Waals surface area contributed by atoms with Crippen molar-refractivity contribution in [3.63, 3.8) is 0 Å². The number of rotatable bonds is 1. The van der Waals surface area contributed by atoms with Crippen LogP contribution in [0, 0.1) is 17.8 Å². The molecule has 1 fully saturated rings. The second-order valence-corrected chi connectivity index (χ2v) is 4.58. The second kappa shape index (κ2) is 3.57. The fraction of sp³-hybridized carbons (Fsp3) is 1.00. The third-order valence-corrected chi connectivity index (χ3v) is 2.96. The summed E-state index contributed by atoms with van der Waals surface area (Å²) in [6.07, 6.45) is 3.89. The van der Waals surface area contributed by atoms with Crippen molar-refractivity contribution in [3.05, 3.63) is 0 Å². The summed E-state index contributed by atoms with van der Waals surface area (Å²) in [7, 11) is 0. The summed E-state index contributed by atoms with van der Waals surface area (Å²) in [5.74, 6) is 2.56. The Kier molecular flexibility index (Phi) is 2.94. The van der Waals surface area contributed by atoms with Gasteiger partial charge in [0.2, 0.25) is 0 Å². The normalized spacial score (nSPS) is 39.5. The quantitative estimate of drug-likeness (QED) is 0.618. The summed E-state index contributed by atoms with van der Waals surface area (Å²) >= 11 is 0. The fourth-order valence-electron chi connectivity index (χ4n) is 2.26. The summed E-state index contributed by atoms with van der Waals surface area (Å²) in [4.78, 5) is 0. The molecule has 0 aromatic heterocycles. The third-order valence-electron chi connectivity index (χ3n) is 2.96. The molecule has 2 N–H and O–H groups in total. The molecule has 0 heterocycles. The highest BCUT2D eigenvalue weighted by molar-refractivity contribution is 4.80. The van der Waals surface area contributed by atoms with Crippen LogP contribution in [-0.4, -0.2) is 6.04 Å². The SMILES string of the molecule is CC(C)[C@H]1C[C@@H](C)C[C@@H](N)C1. The van der Waals surface area contributed by atoms with Gasteiger partial charge in [0.15, 0.2) is 0 Å². The predicted molar refractivity (Wildman–Crippen MR) is 49.3 cm³/mol. The second-order valence-electron chi connectivity index (χ2n) is 4.58. The molecule has 0 aliphatic heterocycles. The van der Waals surface area contributed by atoms with Crippen molar-refractivity contribution in [1.82, 2.24) is 0 Å². The maximum absolute atomic E-state index is 5.95. The van der Waals surface area contributed by atoms with Crippen LogP contribution >= 0.6 is 0 Å². The van der Waals surface area contributed by atoms with E-state index in [2.05, 4.69) is 20.8 Å². The first-order valence-corrected chi connectivity index (χ1v) is 4.85. The highest BCUT2D eigenvalue weighted by Gasteiger charge is 2.25. The van der Waals surface area contributed by atoms with Gasteiger partial charge in [0.25, 0.3) is 0 Å². The average Bonchev–Trinajstić information content (AvgIpc) is 1.85. The van der Waals surface area contributed by atoms with Gasteiger partial charge in [-0.2, -0.15) is 0 Å². The maximum Gasteiger partial charge on any atom is 0.00441 e. The van der Waals surface area contributed by atoms with Crippen molar-refractivity contribution in [1.29, 1.82) is 0 Å². The first-order valence-electron chi connectivity index (χ1n) is 4.85. The van der Waals surface area contributed by atoms with Crippen molar-refractivity contribution < 1.29 is 0 Å². The lowest BCUT2D eigenvalue weighted by Gasteiger charge is -2.33. The van der Waals surface area contributed by atoms with Crippen LogP contribution in [0.15, 0.2) is 0 Å².